The monoisotopic (exact) mass is 421 g/mol. The molecule has 1 amide bonds. The molecule has 0 saturated heterocycles. The van der Waals surface area contributed by atoms with Crippen LogP contribution in [-0.4, -0.2) is 11.9 Å². The van der Waals surface area contributed by atoms with Gasteiger partial charge >= 0.3 is 0 Å². The molecule has 1 fully saturated rings. The second-order valence-electron chi connectivity index (χ2n) is 7.37. The fourth-order valence-corrected chi connectivity index (χ4v) is 3.80. The van der Waals surface area contributed by atoms with Crippen molar-refractivity contribution in [2.45, 2.75) is 76.7 Å². The van der Waals surface area contributed by atoms with Gasteiger partial charge < -0.3 is 10.6 Å². The van der Waals surface area contributed by atoms with E-state index in [1.165, 1.54) is 57.8 Å². The van der Waals surface area contributed by atoms with E-state index in [0.717, 1.165) is 12.8 Å². The molecular formula is C22H29Cl2N3O. The molecule has 1 aromatic carbocycles. The van der Waals surface area contributed by atoms with Gasteiger partial charge in [-0.25, -0.2) is 0 Å². The third kappa shape index (κ3) is 8.12. The van der Waals surface area contributed by atoms with Gasteiger partial charge in [0.15, 0.2) is 0 Å². The lowest BCUT2D eigenvalue weighted by Gasteiger charge is -2.18. The molecule has 0 atom stereocenters. The van der Waals surface area contributed by atoms with Gasteiger partial charge in [-0.05, 0) is 31.0 Å². The fourth-order valence-electron chi connectivity index (χ4n) is 3.46. The van der Waals surface area contributed by atoms with Gasteiger partial charge in [0.05, 0.1) is 10.7 Å². The predicted molar refractivity (Wildman–Crippen MR) is 116 cm³/mol. The Bertz CT molecular complexity index is 700. The smallest absolute Gasteiger partial charge is 0.267 e. The summed E-state index contributed by atoms with van der Waals surface area (Å²) in [6.07, 6.45) is 15.2. The number of halogens is 2. The number of nitrogens with one attached hydrogen (secondary N) is 2. The van der Waals surface area contributed by atoms with Crippen molar-refractivity contribution in [2.24, 2.45) is 0 Å². The van der Waals surface area contributed by atoms with E-state index < -0.39 is 5.91 Å². The minimum Gasteiger partial charge on any atom is -0.387 e. The number of carbonyl (C=O) groups is 1. The van der Waals surface area contributed by atoms with Crippen LogP contribution in [0, 0.1) is 11.3 Å². The Morgan fingerprint density at radius 2 is 1.57 bits per heavy atom. The molecule has 0 heterocycles. The highest BCUT2D eigenvalue weighted by atomic mass is 35.5. The average molecular weight is 422 g/mol. The van der Waals surface area contributed by atoms with Crippen LogP contribution in [0.3, 0.4) is 0 Å². The maximum atomic E-state index is 12.4. The van der Waals surface area contributed by atoms with E-state index >= 15 is 0 Å². The quantitative estimate of drug-likeness (QED) is 0.424. The lowest BCUT2D eigenvalue weighted by molar-refractivity contribution is -0.112. The summed E-state index contributed by atoms with van der Waals surface area (Å²) in [5, 5.41) is 16.2. The summed E-state index contributed by atoms with van der Waals surface area (Å²) in [4.78, 5) is 12.4. The van der Waals surface area contributed by atoms with Gasteiger partial charge in [-0.3, -0.25) is 4.79 Å². The molecule has 1 aromatic rings. The molecule has 28 heavy (non-hydrogen) atoms. The van der Waals surface area contributed by atoms with Crippen molar-refractivity contribution in [2.75, 3.05) is 5.32 Å². The second kappa shape index (κ2) is 12.7. The molecule has 1 saturated carbocycles. The highest BCUT2D eigenvalue weighted by Gasteiger charge is 2.13. The summed E-state index contributed by atoms with van der Waals surface area (Å²) < 4.78 is 0. The van der Waals surface area contributed by atoms with E-state index in [2.05, 4.69) is 10.6 Å². The lowest BCUT2D eigenvalue weighted by Crippen LogP contribution is -2.26. The molecule has 2 N–H and O–H groups in total. The van der Waals surface area contributed by atoms with Gasteiger partial charge in [0.2, 0.25) is 0 Å². The summed E-state index contributed by atoms with van der Waals surface area (Å²) in [7, 11) is 0. The molecule has 0 bridgehead atoms. The van der Waals surface area contributed by atoms with Crippen LogP contribution in [0.5, 0.6) is 0 Å². The van der Waals surface area contributed by atoms with Crippen LogP contribution in [0.1, 0.15) is 70.6 Å². The number of hydrogen-bond acceptors (Lipinski definition) is 3. The molecule has 0 radical (unpaired) electrons. The van der Waals surface area contributed by atoms with E-state index in [9.17, 15) is 10.1 Å². The molecule has 4 nitrogen and oxygen atoms in total. The zero-order valence-electron chi connectivity index (χ0n) is 16.3. The Morgan fingerprint density at radius 3 is 2.14 bits per heavy atom. The lowest BCUT2D eigenvalue weighted by atomic mass is 9.98. The first-order valence-corrected chi connectivity index (χ1v) is 11.0. The van der Waals surface area contributed by atoms with Gasteiger partial charge in [0, 0.05) is 17.3 Å². The topological polar surface area (TPSA) is 64.9 Å². The van der Waals surface area contributed by atoms with Crippen molar-refractivity contribution in [1.82, 2.24) is 5.32 Å². The van der Waals surface area contributed by atoms with E-state index in [1.807, 2.05) is 6.07 Å². The summed E-state index contributed by atoms with van der Waals surface area (Å²) in [5.41, 5.74) is 0.425. The fraction of sp³-hybridized carbons (Fsp3) is 0.545. The van der Waals surface area contributed by atoms with E-state index in [1.54, 1.807) is 24.4 Å². The van der Waals surface area contributed by atoms with Crippen LogP contribution >= 0.6 is 23.2 Å². The molecule has 152 valence electrons. The Labute approximate surface area is 178 Å². The van der Waals surface area contributed by atoms with Crippen molar-refractivity contribution < 1.29 is 4.79 Å². The minimum absolute atomic E-state index is 0.0298. The van der Waals surface area contributed by atoms with Gasteiger partial charge in [-0.1, -0.05) is 81.0 Å². The highest BCUT2D eigenvalue weighted by molar-refractivity contribution is 6.35. The van der Waals surface area contributed by atoms with Crippen molar-refractivity contribution in [3.8, 4) is 6.07 Å². The molecule has 0 spiro atoms. The van der Waals surface area contributed by atoms with Crippen LogP contribution in [-0.2, 0) is 4.79 Å². The average Bonchev–Trinajstić information content (AvgIpc) is 2.67. The molecular weight excluding hydrogens is 393 g/mol. The largest absolute Gasteiger partial charge is 0.387 e. The van der Waals surface area contributed by atoms with Crippen molar-refractivity contribution in [1.29, 1.82) is 5.26 Å². The summed E-state index contributed by atoms with van der Waals surface area (Å²) in [5.74, 6) is -0.493. The predicted octanol–water partition coefficient (Wildman–Crippen LogP) is 6.60. The van der Waals surface area contributed by atoms with Crippen LogP contribution in [0.15, 0.2) is 30.0 Å². The molecule has 1 aliphatic rings. The Kier molecular flexibility index (Phi) is 10.2. The highest BCUT2D eigenvalue weighted by Crippen LogP contribution is 2.25. The zero-order valence-corrected chi connectivity index (χ0v) is 17.8. The Hall–Kier alpha value is -1.70. The zero-order chi connectivity index (χ0) is 20.2. The number of rotatable bonds is 4. The normalized spacial score (nSPS) is 17.7. The maximum absolute atomic E-state index is 12.4. The first kappa shape index (κ1) is 22.6. The number of benzene rings is 1. The van der Waals surface area contributed by atoms with Gasteiger partial charge in [0.25, 0.3) is 5.91 Å². The molecule has 0 aromatic heterocycles. The first-order chi connectivity index (χ1) is 13.6. The maximum Gasteiger partial charge on any atom is 0.267 e. The van der Waals surface area contributed by atoms with Crippen molar-refractivity contribution in [3.05, 3.63) is 40.0 Å². The number of amides is 1. The van der Waals surface area contributed by atoms with Crippen LogP contribution in [0.2, 0.25) is 10.0 Å². The Morgan fingerprint density at radius 1 is 1.00 bits per heavy atom. The van der Waals surface area contributed by atoms with Crippen molar-refractivity contribution >= 4 is 34.8 Å². The molecule has 0 unspecified atom stereocenters. The molecule has 6 heteroatoms. The molecule has 1 aliphatic carbocycles. The number of nitrogens with zero attached hydrogens (tertiary/aromatic N) is 1. The minimum atomic E-state index is -0.493. The molecule has 2 rings (SSSR count). The van der Waals surface area contributed by atoms with Crippen LogP contribution < -0.4 is 10.6 Å². The SMILES string of the molecule is N#C/C(=C/NC1CCCCCCCCCCC1)C(=O)Nc1cc(Cl)ccc1Cl. The first-order valence-electron chi connectivity index (χ1n) is 10.2. The standard InChI is InChI=1S/C22H29Cl2N3O/c23-18-12-13-20(24)21(14-18)27-22(28)17(15-25)16-26-19-10-8-6-4-2-1-3-5-7-9-11-19/h12-14,16,19,26H,1-11H2,(H,27,28)/b17-16-. The summed E-state index contributed by atoms with van der Waals surface area (Å²) >= 11 is 12.0. The van der Waals surface area contributed by atoms with Crippen molar-refractivity contribution in [3.63, 3.8) is 0 Å². The van der Waals surface area contributed by atoms with Gasteiger partial charge in [-0.15, -0.1) is 0 Å². The number of anilines is 1. The summed E-state index contributed by atoms with van der Waals surface area (Å²) in [6, 6.07) is 7.09. The van der Waals surface area contributed by atoms with Crippen LogP contribution in [0.4, 0.5) is 5.69 Å². The number of nitriles is 1. The van der Waals surface area contributed by atoms with Crippen LogP contribution in [0.25, 0.3) is 0 Å². The Balaban J connectivity index is 1.96. The second-order valence-corrected chi connectivity index (χ2v) is 8.21. The van der Waals surface area contributed by atoms with E-state index in [4.69, 9.17) is 23.2 Å². The number of hydrogen-bond donors (Lipinski definition) is 2. The molecule has 0 aliphatic heterocycles. The van der Waals surface area contributed by atoms with E-state index in [0.29, 0.717) is 21.8 Å². The third-order valence-electron chi connectivity index (χ3n) is 5.11. The third-order valence-corrected chi connectivity index (χ3v) is 5.67. The summed E-state index contributed by atoms with van der Waals surface area (Å²) in [6.45, 7) is 0. The van der Waals surface area contributed by atoms with E-state index in [-0.39, 0.29) is 5.57 Å². The van der Waals surface area contributed by atoms with Gasteiger partial charge in [-0.2, -0.15) is 5.26 Å². The van der Waals surface area contributed by atoms with Gasteiger partial charge in [0.1, 0.15) is 11.6 Å². The number of carbonyl (C=O) groups excluding carboxylic acids is 1.